The highest BCUT2D eigenvalue weighted by molar-refractivity contribution is 6.31. The molecule has 44 heavy (non-hydrogen) atoms. The number of ether oxygens (including phenoxy) is 3. The largest absolute Gasteiger partial charge is 0.496 e. The van der Waals surface area contributed by atoms with Gasteiger partial charge in [0.2, 0.25) is 5.82 Å². The average Bonchev–Trinajstić information content (AvgIpc) is 3.49. The summed E-state index contributed by atoms with van der Waals surface area (Å²) < 4.78 is 24.8. The number of aromatic nitrogens is 2. The summed E-state index contributed by atoms with van der Waals surface area (Å²) in [7, 11) is 3.17. The Hall–Kier alpha value is -5.34. The summed E-state index contributed by atoms with van der Waals surface area (Å²) >= 11 is 6.34. The molecule has 6 rings (SSSR count). The first kappa shape index (κ1) is 28.8. The van der Waals surface area contributed by atoms with Crippen molar-refractivity contribution in [3.63, 3.8) is 0 Å². The first-order valence-electron chi connectivity index (χ1n) is 13.8. The molecule has 0 fully saturated rings. The minimum atomic E-state index is -0.341. The van der Waals surface area contributed by atoms with E-state index in [-0.39, 0.29) is 18.0 Å². The van der Waals surface area contributed by atoms with E-state index in [0.717, 1.165) is 16.5 Å². The average molecular weight is 606 g/mol. The van der Waals surface area contributed by atoms with Crippen molar-refractivity contribution in [3.05, 3.63) is 130 Å². The summed E-state index contributed by atoms with van der Waals surface area (Å²) in [5, 5.41) is 6.42. The third-order valence-electron chi connectivity index (χ3n) is 7.11. The van der Waals surface area contributed by atoms with Gasteiger partial charge in [-0.15, -0.1) is 6.58 Å². The van der Waals surface area contributed by atoms with Gasteiger partial charge in [0, 0.05) is 16.1 Å². The molecule has 8 nitrogen and oxygen atoms in total. The maximum absolute atomic E-state index is 13.8. The number of para-hydroxylation sites is 1. The van der Waals surface area contributed by atoms with Gasteiger partial charge in [0.15, 0.2) is 17.3 Å². The molecule has 220 valence electrons. The van der Waals surface area contributed by atoms with Crippen LogP contribution >= 0.6 is 11.6 Å². The molecule has 0 saturated heterocycles. The molecule has 0 radical (unpaired) electrons. The van der Waals surface area contributed by atoms with E-state index in [9.17, 15) is 4.79 Å². The number of allylic oxidation sites excluding steroid dienone is 1. The van der Waals surface area contributed by atoms with Gasteiger partial charge in [0.1, 0.15) is 17.9 Å². The summed E-state index contributed by atoms with van der Waals surface area (Å²) in [5.41, 5.74) is 3.16. The quantitative estimate of drug-likeness (QED) is 0.118. The molecule has 4 aromatic carbocycles. The number of fused-ring (bicyclic) bond motifs is 2. The van der Waals surface area contributed by atoms with Gasteiger partial charge in [-0.25, -0.2) is 4.98 Å². The van der Waals surface area contributed by atoms with Crippen molar-refractivity contribution >= 4 is 39.7 Å². The van der Waals surface area contributed by atoms with Crippen LogP contribution in [0.2, 0.25) is 5.02 Å². The lowest BCUT2D eigenvalue weighted by Crippen LogP contribution is -2.20. The molecule has 6 aromatic rings. The number of halogens is 1. The third kappa shape index (κ3) is 5.55. The van der Waals surface area contributed by atoms with Crippen LogP contribution < -0.4 is 19.8 Å². The molecule has 0 amide bonds. The molecule has 2 heterocycles. The maximum Gasteiger partial charge on any atom is 0.282 e. The zero-order valence-electron chi connectivity index (χ0n) is 24.1. The Morgan fingerprint density at radius 1 is 0.932 bits per heavy atom. The molecule has 0 atom stereocenters. The zero-order valence-corrected chi connectivity index (χ0v) is 24.9. The maximum atomic E-state index is 13.8. The normalized spacial score (nSPS) is 11.3. The summed E-state index contributed by atoms with van der Waals surface area (Å²) in [4.78, 5) is 18.5. The second-order valence-corrected chi connectivity index (χ2v) is 10.3. The topological polar surface area (TPSA) is 88.1 Å². The number of furan rings is 1. The Bertz CT molecular complexity index is 2100. The van der Waals surface area contributed by atoms with Crippen LogP contribution in [0.4, 0.5) is 0 Å². The van der Waals surface area contributed by atoms with E-state index in [1.807, 2.05) is 54.6 Å². The van der Waals surface area contributed by atoms with Gasteiger partial charge in [-0.05, 0) is 60.5 Å². The third-order valence-corrected chi connectivity index (χ3v) is 7.47. The fraction of sp³-hybridized carbons (Fsp3) is 0.114. The van der Waals surface area contributed by atoms with Gasteiger partial charge >= 0.3 is 0 Å². The van der Waals surface area contributed by atoms with Gasteiger partial charge in [-0.2, -0.15) is 9.78 Å². The number of rotatable bonds is 10. The van der Waals surface area contributed by atoms with E-state index in [4.69, 9.17) is 35.2 Å². The SMILES string of the molecule is C=CCc1cc(C=Nn2c(-c3cc4c(OC)cccc4o3)nc3ccccc3c2=O)cc(OC)c1OCc1ccccc1Cl. The molecular weight excluding hydrogens is 578 g/mol. The van der Waals surface area contributed by atoms with E-state index in [1.54, 1.807) is 56.8 Å². The van der Waals surface area contributed by atoms with Crippen molar-refractivity contribution in [2.45, 2.75) is 13.0 Å². The molecule has 0 saturated carbocycles. The van der Waals surface area contributed by atoms with Crippen LogP contribution in [-0.4, -0.2) is 30.1 Å². The molecule has 0 aliphatic rings. The Labute approximate surface area is 258 Å². The fourth-order valence-electron chi connectivity index (χ4n) is 4.98. The van der Waals surface area contributed by atoms with Crippen molar-refractivity contribution in [2.24, 2.45) is 5.10 Å². The lowest BCUT2D eigenvalue weighted by atomic mass is 10.1. The summed E-state index contributed by atoms with van der Waals surface area (Å²) in [6.45, 7) is 4.16. The second kappa shape index (κ2) is 12.5. The van der Waals surface area contributed by atoms with Gasteiger partial charge in [-0.1, -0.05) is 54.1 Å². The van der Waals surface area contributed by atoms with Crippen molar-refractivity contribution in [1.82, 2.24) is 9.66 Å². The summed E-state index contributed by atoms with van der Waals surface area (Å²) in [5.74, 6) is 2.35. The highest BCUT2D eigenvalue weighted by Crippen LogP contribution is 2.35. The summed E-state index contributed by atoms with van der Waals surface area (Å²) in [6, 6.07) is 25.7. The molecule has 2 aromatic heterocycles. The van der Waals surface area contributed by atoms with Crippen LogP contribution in [0.15, 0.2) is 112 Å². The van der Waals surface area contributed by atoms with Crippen LogP contribution in [-0.2, 0) is 13.0 Å². The van der Waals surface area contributed by atoms with E-state index < -0.39 is 0 Å². The van der Waals surface area contributed by atoms with Gasteiger partial charge in [0.05, 0.1) is 36.7 Å². The number of methoxy groups -OCH3 is 2. The van der Waals surface area contributed by atoms with E-state index in [2.05, 4.69) is 11.7 Å². The van der Waals surface area contributed by atoms with Gasteiger partial charge in [-0.3, -0.25) is 4.79 Å². The van der Waals surface area contributed by atoms with Crippen LogP contribution in [0, 0.1) is 0 Å². The second-order valence-electron chi connectivity index (χ2n) is 9.88. The van der Waals surface area contributed by atoms with Crippen molar-refractivity contribution < 1.29 is 18.6 Å². The number of nitrogens with zero attached hydrogens (tertiary/aromatic N) is 3. The fourth-order valence-corrected chi connectivity index (χ4v) is 5.17. The lowest BCUT2D eigenvalue weighted by Gasteiger charge is -2.16. The monoisotopic (exact) mass is 605 g/mol. The highest BCUT2D eigenvalue weighted by Gasteiger charge is 2.18. The van der Waals surface area contributed by atoms with Gasteiger partial charge < -0.3 is 18.6 Å². The van der Waals surface area contributed by atoms with Crippen molar-refractivity contribution in [2.75, 3.05) is 14.2 Å². The number of hydrogen-bond donors (Lipinski definition) is 0. The Kier molecular flexibility index (Phi) is 8.16. The minimum Gasteiger partial charge on any atom is -0.496 e. The molecular formula is C35H28ClN3O5. The molecule has 0 bridgehead atoms. The Morgan fingerprint density at radius 3 is 2.52 bits per heavy atom. The molecule has 9 heteroatoms. The van der Waals surface area contributed by atoms with Crippen LogP contribution in [0.5, 0.6) is 17.2 Å². The van der Waals surface area contributed by atoms with E-state index in [1.165, 1.54) is 4.68 Å². The lowest BCUT2D eigenvalue weighted by molar-refractivity contribution is 0.282. The van der Waals surface area contributed by atoms with Crippen molar-refractivity contribution in [1.29, 1.82) is 0 Å². The first-order valence-corrected chi connectivity index (χ1v) is 14.2. The predicted octanol–water partition coefficient (Wildman–Crippen LogP) is 7.67. The molecule has 0 spiro atoms. The number of benzene rings is 4. The van der Waals surface area contributed by atoms with Gasteiger partial charge in [0.25, 0.3) is 5.56 Å². The Morgan fingerprint density at radius 2 is 1.73 bits per heavy atom. The van der Waals surface area contributed by atoms with Crippen LogP contribution in [0.25, 0.3) is 33.5 Å². The van der Waals surface area contributed by atoms with Crippen LogP contribution in [0.1, 0.15) is 16.7 Å². The number of hydrogen-bond acceptors (Lipinski definition) is 7. The van der Waals surface area contributed by atoms with Crippen molar-refractivity contribution in [3.8, 4) is 28.8 Å². The standard InChI is InChI=1S/C35H28ClN3O5/c1-4-10-23-17-22(18-31(42-3)33(23)43-21-24-11-5-7-13-27(24)36)20-37-39-34(38-28-14-8-6-12-25(28)35(39)40)32-19-26-29(41-2)15-9-16-30(26)44-32/h4-9,11-20H,1,10,21H2,2-3H3. The molecule has 0 N–H and O–H groups in total. The summed E-state index contributed by atoms with van der Waals surface area (Å²) in [6.07, 6.45) is 3.88. The minimum absolute atomic E-state index is 0.251. The van der Waals surface area contributed by atoms with Crippen LogP contribution in [0.3, 0.4) is 0 Å². The molecule has 0 aliphatic heterocycles. The molecule has 0 aliphatic carbocycles. The highest BCUT2D eigenvalue weighted by atomic mass is 35.5. The predicted molar refractivity (Wildman–Crippen MR) is 173 cm³/mol. The van der Waals surface area contributed by atoms with E-state index in [0.29, 0.717) is 56.5 Å². The Balaban J connectivity index is 1.44. The molecule has 0 unspecified atom stereocenters. The smallest absolute Gasteiger partial charge is 0.282 e. The first-order chi connectivity index (χ1) is 21.5. The zero-order chi connectivity index (χ0) is 30.6. The van der Waals surface area contributed by atoms with E-state index >= 15 is 0 Å².